The van der Waals surface area contributed by atoms with Crippen molar-refractivity contribution in [3.05, 3.63) is 40.5 Å². The van der Waals surface area contributed by atoms with Crippen molar-refractivity contribution in [3.63, 3.8) is 0 Å². The highest BCUT2D eigenvalue weighted by atomic mass is 35.5. The second kappa shape index (κ2) is 8.01. The van der Waals surface area contributed by atoms with Crippen molar-refractivity contribution in [2.75, 3.05) is 41.7 Å². The summed E-state index contributed by atoms with van der Waals surface area (Å²) < 4.78 is 33.8. The number of benzene rings is 2. The molecule has 0 saturated heterocycles. The molecule has 0 radical (unpaired) electrons. The highest BCUT2D eigenvalue weighted by Crippen LogP contribution is 2.55. The maximum atomic E-state index is 12.9. The summed E-state index contributed by atoms with van der Waals surface area (Å²) in [5.74, 6) is 2.36. The van der Waals surface area contributed by atoms with E-state index in [1.807, 2.05) is 19.2 Å². The van der Waals surface area contributed by atoms with E-state index in [9.17, 15) is 4.79 Å². The quantitative estimate of drug-likeness (QED) is 0.600. The van der Waals surface area contributed by atoms with Crippen molar-refractivity contribution < 1.29 is 45.6 Å². The highest BCUT2D eigenvalue weighted by Gasteiger charge is 2.46. The number of hydrogen-bond acceptors (Lipinski definition) is 8. The number of hydrogen-bond donors (Lipinski definition) is 0. The minimum atomic E-state index is -0.523. The zero-order chi connectivity index (χ0) is 21.0. The molecule has 5 rings (SSSR count). The van der Waals surface area contributed by atoms with Crippen molar-refractivity contribution in [1.29, 1.82) is 0 Å². The Morgan fingerprint density at radius 3 is 2.55 bits per heavy atom. The van der Waals surface area contributed by atoms with E-state index in [2.05, 4.69) is 4.90 Å². The summed E-state index contributed by atoms with van der Waals surface area (Å²) in [7, 11) is 6.70. The molecule has 0 amide bonds. The largest absolute Gasteiger partial charge is 1.00 e. The number of rotatable bonds is 4. The van der Waals surface area contributed by atoms with Crippen LogP contribution in [0.4, 0.5) is 0 Å². The summed E-state index contributed by atoms with van der Waals surface area (Å²) in [4.78, 5) is 15.1. The summed E-state index contributed by atoms with van der Waals surface area (Å²) >= 11 is 0. The number of carbonyl (C=O) groups excluding carboxylic acids is 1. The van der Waals surface area contributed by atoms with Gasteiger partial charge in [-0.25, -0.2) is 4.79 Å². The van der Waals surface area contributed by atoms with Gasteiger partial charge >= 0.3 is 5.97 Å². The van der Waals surface area contributed by atoms with Crippen LogP contribution in [0.25, 0.3) is 0 Å². The molecule has 0 aromatic heterocycles. The lowest BCUT2D eigenvalue weighted by atomic mass is 9.85. The molecule has 9 heteroatoms. The second-order valence-corrected chi connectivity index (χ2v) is 7.48. The van der Waals surface area contributed by atoms with Gasteiger partial charge in [0, 0.05) is 17.7 Å². The average molecular weight is 449 g/mol. The van der Waals surface area contributed by atoms with Crippen molar-refractivity contribution >= 4 is 5.97 Å². The van der Waals surface area contributed by atoms with Crippen LogP contribution in [0.15, 0.2) is 18.2 Å². The molecule has 0 fully saturated rings. The number of methoxy groups -OCH3 is 3. The molecule has 31 heavy (non-hydrogen) atoms. The maximum absolute atomic E-state index is 12.9. The molecule has 3 aliphatic rings. The molecule has 3 heterocycles. The highest BCUT2D eigenvalue weighted by molar-refractivity contribution is 5.98. The van der Waals surface area contributed by atoms with E-state index in [0.29, 0.717) is 34.3 Å². The molecule has 3 aliphatic heterocycles. The number of esters is 1. The fourth-order valence-electron chi connectivity index (χ4n) is 4.71. The maximum Gasteiger partial charge on any atom is 0.343 e. The van der Waals surface area contributed by atoms with Crippen LogP contribution < -0.4 is 36.1 Å². The molecular formula is C22H23ClNO7-. The van der Waals surface area contributed by atoms with Gasteiger partial charge in [0.25, 0.3) is 0 Å². The van der Waals surface area contributed by atoms with E-state index in [4.69, 9.17) is 28.4 Å². The topological polar surface area (TPSA) is 75.7 Å². The molecule has 0 N–H and O–H groups in total. The van der Waals surface area contributed by atoms with Crippen LogP contribution in [0.1, 0.15) is 39.2 Å². The van der Waals surface area contributed by atoms with E-state index in [-0.39, 0.29) is 25.2 Å². The number of halogens is 1. The van der Waals surface area contributed by atoms with Gasteiger partial charge in [-0.2, -0.15) is 0 Å². The Morgan fingerprint density at radius 1 is 1.06 bits per heavy atom. The lowest BCUT2D eigenvalue weighted by Gasteiger charge is -2.38. The van der Waals surface area contributed by atoms with Crippen LogP contribution in [-0.4, -0.2) is 52.6 Å². The molecule has 0 bridgehead atoms. The van der Waals surface area contributed by atoms with Gasteiger partial charge in [-0.1, -0.05) is 6.07 Å². The Kier molecular flexibility index (Phi) is 5.53. The first kappa shape index (κ1) is 21.4. The van der Waals surface area contributed by atoms with Gasteiger partial charge in [0.2, 0.25) is 12.5 Å². The predicted molar refractivity (Wildman–Crippen MR) is 106 cm³/mol. The van der Waals surface area contributed by atoms with Crippen LogP contribution in [0.5, 0.6) is 28.7 Å². The number of ether oxygens (including phenoxy) is 6. The molecule has 166 valence electrons. The second-order valence-electron chi connectivity index (χ2n) is 7.48. The Hall–Kier alpha value is -2.84. The molecule has 1 unspecified atom stereocenters. The van der Waals surface area contributed by atoms with Gasteiger partial charge in [-0.15, -0.1) is 0 Å². The van der Waals surface area contributed by atoms with Crippen LogP contribution in [-0.2, 0) is 11.2 Å². The zero-order valence-corrected chi connectivity index (χ0v) is 18.4. The Balaban J connectivity index is 0.00000231. The van der Waals surface area contributed by atoms with E-state index < -0.39 is 12.1 Å². The molecule has 0 saturated carbocycles. The number of fused-ring (bicyclic) bond motifs is 3. The van der Waals surface area contributed by atoms with Gasteiger partial charge < -0.3 is 40.8 Å². The standard InChI is InChI=1S/C22H23NO7.ClH/c1-23-8-7-11-9-14-20(29-10-28-14)21(27-4)15(11)17(23)18-12-5-6-13(25-2)19(26-3)16(12)22(24)30-18;/h5-6,9,17-18H,7-8,10H2,1-4H3;1H/p-1/t17-,18?;/m1./s1. The third-order valence-electron chi connectivity index (χ3n) is 6.06. The monoisotopic (exact) mass is 448 g/mol. The SMILES string of the molecule is COc1ccc2c(c1OC)C(=O)OC2[C@H]1c2c(cc3c(c2OC)OCO3)CCN1C.[Cl-]. The Bertz CT molecular complexity index is 1040. The minimum Gasteiger partial charge on any atom is -1.00 e. The van der Waals surface area contributed by atoms with Gasteiger partial charge in [0.15, 0.2) is 23.0 Å². The normalized spacial score (nSPS) is 21.0. The fraction of sp³-hybridized carbons (Fsp3) is 0.409. The van der Waals surface area contributed by atoms with Gasteiger partial charge in [-0.3, -0.25) is 4.90 Å². The fourth-order valence-corrected chi connectivity index (χ4v) is 4.71. The lowest BCUT2D eigenvalue weighted by Crippen LogP contribution is -3.00. The summed E-state index contributed by atoms with van der Waals surface area (Å²) in [6, 6.07) is 5.43. The first-order chi connectivity index (χ1) is 14.6. The molecule has 0 aliphatic carbocycles. The van der Waals surface area contributed by atoms with Crippen LogP contribution in [0, 0.1) is 0 Å². The molecule has 8 nitrogen and oxygen atoms in total. The molecule has 0 spiro atoms. The van der Waals surface area contributed by atoms with E-state index in [1.54, 1.807) is 20.3 Å². The Labute approximate surface area is 186 Å². The summed E-state index contributed by atoms with van der Waals surface area (Å²) in [5, 5.41) is 0. The number of cyclic esters (lactones) is 1. The van der Waals surface area contributed by atoms with Crippen molar-refractivity contribution in [3.8, 4) is 28.7 Å². The first-order valence-electron chi connectivity index (χ1n) is 9.74. The van der Waals surface area contributed by atoms with Crippen molar-refractivity contribution in [2.24, 2.45) is 0 Å². The van der Waals surface area contributed by atoms with E-state index >= 15 is 0 Å². The molecule has 2 aromatic carbocycles. The Morgan fingerprint density at radius 2 is 1.84 bits per heavy atom. The number of likely N-dealkylation sites (N-methyl/N-ethyl adjacent to an activating group) is 1. The predicted octanol–water partition coefficient (Wildman–Crippen LogP) is -0.114. The number of nitrogens with zero attached hydrogens (tertiary/aromatic N) is 1. The smallest absolute Gasteiger partial charge is 0.343 e. The third kappa shape index (κ3) is 3.04. The van der Waals surface area contributed by atoms with Crippen LogP contribution >= 0.6 is 0 Å². The minimum absolute atomic E-state index is 0. The van der Waals surface area contributed by atoms with Gasteiger partial charge in [-0.05, 0) is 31.2 Å². The van der Waals surface area contributed by atoms with Gasteiger partial charge in [0.1, 0.15) is 11.7 Å². The van der Waals surface area contributed by atoms with Crippen molar-refractivity contribution in [2.45, 2.75) is 18.6 Å². The third-order valence-corrected chi connectivity index (χ3v) is 6.06. The summed E-state index contributed by atoms with van der Waals surface area (Å²) in [6.45, 7) is 0.963. The molecule has 2 atom stereocenters. The number of carbonyl (C=O) groups is 1. The first-order valence-corrected chi connectivity index (χ1v) is 9.74. The van der Waals surface area contributed by atoms with Gasteiger partial charge in [0.05, 0.1) is 27.4 Å². The average Bonchev–Trinajstić information content (AvgIpc) is 3.35. The molecular weight excluding hydrogens is 426 g/mol. The van der Waals surface area contributed by atoms with E-state index in [1.165, 1.54) is 7.11 Å². The van der Waals surface area contributed by atoms with Crippen molar-refractivity contribution in [1.82, 2.24) is 4.90 Å². The summed E-state index contributed by atoms with van der Waals surface area (Å²) in [6.07, 6.45) is 0.306. The molecule has 2 aromatic rings. The van der Waals surface area contributed by atoms with Crippen LogP contribution in [0.2, 0.25) is 0 Å². The summed E-state index contributed by atoms with van der Waals surface area (Å²) in [5.41, 5.74) is 3.23. The zero-order valence-electron chi connectivity index (χ0n) is 17.7. The lowest BCUT2D eigenvalue weighted by molar-refractivity contribution is -0.0000857. The van der Waals surface area contributed by atoms with Crippen LogP contribution in [0.3, 0.4) is 0 Å². The van der Waals surface area contributed by atoms with E-state index in [0.717, 1.165) is 29.7 Å².